The molecule has 0 radical (unpaired) electrons. The van der Waals surface area contributed by atoms with Gasteiger partial charge in [0.15, 0.2) is 0 Å². The van der Waals surface area contributed by atoms with Crippen LogP contribution >= 0.6 is 0 Å². The highest BCUT2D eigenvalue weighted by Gasteiger charge is 2.38. The van der Waals surface area contributed by atoms with Crippen molar-refractivity contribution >= 4 is 25.7 Å². The van der Waals surface area contributed by atoms with Crippen LogP contribution in [-0.4, -0.2) is 22.9 Å². The largest absolute Gasteiger partial charge is 0.416 e. The number of rotatable bonds is 6. The second kappa shape index (κ2) is 7.67. The lowest BCUT2D eigenvalue weighted by atomic mass is 10.1. The third kappa shape index (κ3) is 5.68. The lowest BCUT2D eigenvalue weighted by Crippen LogP contribution is -2.25. The fourth-order valence-corrected chi connectivity index (χ4v) is 4.98. The van der Waals surface area contributed by atoms with Crippen LogP contribution in [0.1, 0.15) is 24.0 Å². The summed E-state index contributed by atoms with van der Waals surface area (Å²) in [6.07, 6.45) is -9.17. The Bertz CT molecular complexity index is 1170. The Morgan fingerprint density at radius 3 is 1.77 bits per heavy atom. The summed E-state index contributed by atoms with van der Waals surface area (Å²) in [5.41, 5.74) is -3.95. The van der Waals surface area contributed by atoms with Crippen molar-refractivity contribution in [1.29, 1.82) is 0 Å². The highest BCUT2D eigenvalue weighted by Crippen LogP contribution is 2.37. The van der Waals surface area contributed by atoms with Crippen molar-refractivity contribution in [3.8, 4) is 0 Å². The number of hydrogen-bond acceptors (Lipinski definition) is 4. The molecule has 0 amide bonds. The minimum absolute atomic E-state index is 0.0623. The quantitative estimate of drug-likeness (QED) is 0.602. The molecule has 0 saturated heterocycles. The molecule has 0 aromatic heterocycles. The molecule has 1 fully saturated rings. The third-order valence-electron chi connectivity index (χ3n) is 4.17. The molecule has 1 saturated carbocycles. The molecule has 0 spiro atoms. The molecule has 170 valence electrons. The van der Waals surface area contributed by atoms with E-state index in [2.05, 4.69) is 4.72 Å². The highest BCUT2D eigenvalue weighted by atomic mass is 32.2. The fourth-order valence-electron chi connectivity index (χ4n) is 2.51. The summed E-state index contributed by atoms with van der Waals surface area (Å²) in [6, 6.07) is 4.03. The van der Waals surface area contributed by atoms with Crippen LogP contribution in [-0.2, 0) is 32.4 Å². The van der Waals surface area contributed by atoms with Gasteiger partial charge in [-0.1, -0.05) is 6.07 Å². The summed E-state index contributed by atoms with van der Waals surface area (Å²) < 4.78 is 132. The van der Waals surface area contributed by atoms with Crippen molar-refractivity contribution in [3.63, 3.8) is 0 Å². The van der Waals surface area contributed by atoms with E-state index in [4.69, 9.17) is 0 Å². The van der Waals surface area contributed by atoms with Crippen LogP contribution in [0.2, 0.25) is 0 Å². The van der Waals surface area contributed by atoms with E-state index in [-0.39, 0.29) is 34.8 Å². The van der Waals surface area contributed by atoms with Gasteiger partial charge >= 0.3 is 12.4 Å². The van der Waals surface area contributed by atoms with Crippen LogP contribution in [0.15, 0.2) is 52.3 Å². The molecule has 0 aliphatic heterocycles. The summed E-state index contributed by atoms with van der Waals surface area (Å²) >= 11 is 0. The van der Waals surface area contributed by atoms with Crippen molar-refractivity contribution in [2.75, 3.05) is 4.72 Å². The number of sulfonamides is 2. The Balaban J connectivity index is 1.98. The highest BCUT2D eigenvalue weighted by molar-refractivity contribution is 7.92. The first-order valence-corrected chi connectivity index (χ1v) is 11.5. The Morgan fingerprint density at radius 2 is 1.29 bits per heavy atom. The van der Waals surface area contributed by atoms with Gasteiger partial charge in [0, 0.05) is 6.04 Å². The molecule has 1 aliphatic rings. The first kappa shape index (κ1) is 23.3. The van der Waals surface area contributed by atoms with Crippen LogP contribution in [0.5, 0.6) is 0 Å². The smallest absolute Gasteiger partial charge is 0.280 e. The van der Waals surface area contributed by atoms with Crippen molar-refractivity contribution in [2.24, 2.45) is 0 Å². The molecule has 0 bridgehead atoms. The molecule has 14 heteroatoms. The minimum atomic E-state index is -5.23. The summed E-state index contributed by atoms with van der Waals surface area (Å²) in [5, 5.41) is 0. The van der Waals surface area contributed by atoms with Crippen molar-refractivity contribution < 1.29 is 43.2 Å². The number of benzene rings is 2. The van der Waals surface area contributed by atoms with E-state index in [1.165, 1.54) is 6.07 Å². The van der Waals surface area contributed by atoms with Gasteiger partial charge in [-0.2, -0.15) is 26.3 Å². The van der Waals surface area contributed by atoms with Crippen LogP contribution in [0.4, 0.5) is 32.0 Å². The maximum atomic E-state index is 13.0. The van der Waals surface area contributed by atoms with Crippen LogP contribution < -0.4 is 9.44 Å². The Hall–Kier alpha value is -2.32. The lowest BCUT2D eigenvalue weighted by molar-refractivity contribution is -0.143. The number of anilines is 1. The molecule has 1 aliphatic carbocycles. The molecule has 2 N–H and O–H groups in total. The molecule has 3 rings (SSSR count). The predicted molar refractivity (Wildman–Crippen MR) is 97.0 cm³/mol. The molecule has 0 heterocycles. The van der Waals surface area contributed by atoms with Gasteiger partial charge in [0.1, 0.15) is 0 Å². The van der Waals surface area contributed by atoms with E-state index in [1.54, 1.807) is 0 Å². The maximum absolute atomic E-state index is 13.0. The summed E-state index contributed by atoms with van der Waals surface area (Å²) in [6.45, 7) is 0. The normalized spacial score (nSPS) is 15.7. The van der Waals surface area contributed by atoms with Crippen molar-refractivity contribution in [1.82, 2.24) is 4.72 Å². The average molecular weight is 488 g/mol. The third-order valence-corrected chi connectivity index (χ3v) is 7.05. The molecular weight excluding hydrogens is 474 g/mol. The first-order chi connectivity index (χ1) is 14.1. The van der Waals surface area contributed by atoms with Crippen molar-refractivity contribution in [2.45, 2.75) is 41.0 Å². The number of alkyl halides is 6. The van der Waals surface area contributed by atoms with E-state index in [1.807, 2.05) is 4.72 Å². The van der Waals surface area contributed by atoms with Crippen LogP contribution in [0, 0.1) is 0 Å². The van der Waals surface area contributed by atoms with Gasteiger partial charge in [0.25, 0.3) is 10.0 Å². The van der Waals surface area contributed by atoms with Gasteiger partial charge in [-0.3, -0.25) is 4.72 Å². The summed E-state index contributed by atoms with van der Waals surface area (Å²) in [4.78, 5) is -1.60. The van der Waals surface area contributed by atoms with Gasteiger partial charge in [-0.25, -0.2) is 21.6 Å². The zero-order valence-electron chi connectivity index (χ0n) is 15.3. The van der Waals surface area contributed by atoms with Gasteiger partial charge in [0.2, 0.25) is 10.0 Å². The second-order valence-corrected chi connectivity index (χ2v) is 10.2. The van der Waals surface area contributed by atoms with E-state index in [9.17, 15) is 43.2 Å². The molecule has 0 unspecified atom stereocenters. The standard InChI is InChI=1S/C17H14F6N2O4S2/c18-16(19,20)10-6-11(17(21,22)23)8-15(7-10)31(28,29)25-13-2-1-3-14(9-13)30(26,27)24-12-4-5-12/h1-3,6-9,12,24-25H,4-5H2. The zero-order chi connectivity index (χ0) is 23.2. The summed E-state index contributed by atoms with van der Waals surface area (Å²) in [7, 11) is -8.89. The topological polar surface area (TPSA) is 92.3 Å². The fraction of sp³-hybridized carbons (Fsp3) is 0.294. The number of hydrogen-bond donors (Lipinski definition) is 2. The Kier molecular flexibility index (Phi) is 5.78. The monoisotopic (exact) mass is 488 g/mol. The first-order valence-electron chi connectivity index (χ1n) is 8.53. The number of halogens is 6. The van der Waals surface area contributed by atoms with Gasteiger partial charge in [-0.05, 0) is 49.2 Å². The van der Waals surface area contributed by atoms with Crippen LogP contribution in [0.25, 0.3) is 0 Å². The Morgan fingerprint density at radius 1 is 0.742 bits per heavy atom. The van der Waals surface area contributed by atoms with Gasteiger partial charge in [0.05, 0.1) is 26.6 Å². The van der Waals surface area contributed by atoms with E-state index < -0.39 is 48.4 Å². The number of nitrogens with one attached hydrogen (secondary N) is 2. The Labute approximate surface area is 173 Å². The molecular formula is C17H14F6N2O4S2. The molecule has 0 atom stereocenters. The van der Waals surface area contributed by atoms with Crippen LogP contribution in [0.3, 0.4) is 0 Å². The lowest BCUT2D eigenvalue weighted by Gasteiger charge is -2.15. The average Bonchev–Trinajstić information content (AvgIpc) is 3.43. The molecule has 31 heavy (non-hydrogen) atoms. The van der Waals surface area contributed by atoms with Crippen molar-refractivity contribution in [3.05, 3.63) is 53.6 Å². The minimum Gasteiger partial charge on any atom is -0.280 e. The molecule has 2 aromatic carbocycles. The maximum Gasteiger partial charge on any atom is 0.416 e. The van der Waals surface area contributed by atoms with E-state index >= 15 is 0 Å². The summed E-state index contributed by atoms with van der Waals surface area (Å²) in [5.74, 6) is 0. The molecule has 2 aromatic rings. The van der Waals surface area contributed by atoms with E-state index in [0.717, 1.165) is 18.2 Å². The van der Waals surface area contributed by atoms with Gasteiger partial charge in [-0.15, -0.1) is 0 Å². The predicted octanol–water partition coefficient (Wildman–Crippen LogP) is 3.97. The SMILES string of the molecule is O=S(=O)(Nc1cccc(S(=O)(=O)NC2CC2)c1)c1cc(C(F)(F)F)cc(C(F)(F)F)c1. The van der Waals surface area contributed by atoms with Gasteiger partial charge < -0.3 is 0 Å². The molecule has 6 nitrogen and oxygen atoms in total. The van der Waals surface area contributed by atoms with E-state index in [0.29, 0.717) is 12.8 Å². The zero-order valence-corrected chi connectivity index (χ0v) is 16.9. The second-order valence-electron chi connectivity index (χ2n) is 6.77.